The minimum Gasteiger partial charge on any atom is -0.493 e. The van der Waals surface area contributed by atoms with E-state index in [1.54, 1.807) is 17.8 Å². The van der Waals surface area contributed by atoms with Crippen LogP contribution in [0.1, 0.15) is 66.3 Å². The molecular weight excluding hydrogens is 524 g/mol. The molecule has 0 aliphatic rings. The molecule has 0 aliphatic heterocycles. The number of hydrogen-bond donors (Lipinski definition) is 3. The second-order valence-corrected chi connectivity index (χ2v) is 10.0. The summed E-state index contributed by atoms with van der Waals surface area (Å²) in [6.07, 6.45) is -2.42. The maximum Gasteiger partial charge on any atom is 0.305 e. The van der Waals surface area contributed by atoms with Gasteiger partial charge in [-0.1, -0.05) is 26.0 Å². The van der Waals surface area contributed by atoms with Gasteiger partial charge >= 0.3 is 5.97 Å². The number of carboxylic acids is 1. The van der Waals surface area contributed by atoms with Crippen LogP contribution in [0, 0.1) is 11.6 Å². The van der Waals surface area contributed by atoms with E-state index >= 15 is 0 Å². The molecule has 0 fully saturated rings. The summed E-state index contributed by atoms with van der Waals surface area (Å²) in [7, 11) is 2.92. The average molecular weight is 560 g/mol. The zero-order chi connectivity index (χ0) is 29.6. The van der Waals surface area contributed by atoms with Gasteiger partial charge in [-0.05, 0) is 55.5 Å². The Bertz CT molecular complexity index is 1330. The number of aliphatic hydroxyl groups excluding tert-OH is 2. The van der Waals surface area contributed by atoms with Crippen molar-refractivity contribution in [1.29, 1.82) is 0 Å². The smallest absolute Gasteiger partial charge is 0.305 e. The highest BCUT2D eigenvalue weighted by atomic mass is 19.1. The van der Waals surface area contributed by atoms with Gasteiger partial charge in [-0.3, -0.25) is 9.59 Å². The summed E-state index contributed by atoms with van der Waals surface area (Å²) in [6.45, 7) is 3.85. The first-order valence-electron chi connectivity index (χ1n) is 12.9. The molecule has 1 aromatic heterocycles. The van der Waals surface area contributed by atoms with Crippen LogP contribution in [-0.2, 0) is 17.8 Å². The fourth-order valence-electron chi connectivity index (χ4n) is 4.70. The van der Waals surface area contributed by atoms with Crippen LogP contribution in [0.4, 0.5) is 8.78 Å². The molecule has 40 heavy (non-hydrogen) atoms. The third-order valence-corrected chi connectivity index (χ3v) is 6.55. The summed E-state index contributed by atoms with van der Waals surface area (Å²) < 4.78 is 34.6. The summed E-state index contributed by atoms with van der Waals surface area (Å²) in [5.41, 5.74) is 2.39. The lowest BCUT2D eigenvalue weighted by Gasteiger charge is -2.19. The molecular formula is C29H35F2N3O6. The van der Waals surface area contributed by atoms with E-state index in [-0.39, 0.29) is 43.2 Å². The number of rotatable bonds is 13. The van der Waals surface area contributed by atoms with Crippen molar-refractivity contribution >= 4 is 11.9 Å². The second-order valence-electron chi connectivity index (χ2n) is 10.0. The average Bonchev–Trinajstić information content (AvgIpc) is 3.26. The van der Waals surface area contributed by atoms with E-state index in [0.717, 1.165) is 0 Å². The summed E-state index contributed by atoms with van der Waals surface area (Å²) in [4.78, 5) is 26.0. The summed E-state index contributed by atoms with van der Waals surface area (Å²) in [5, 5.41) is 33.9. The van der Waals surface area contributed by atoms with Gasteiger partial charge in [0.1, 0.15) is 5.82 Å². The van der Waals surface area contributed by atoms with Crippen LogP contribution >= 0.6 is 0 Å². The Morgan fingerprint density at radius 1 is 1.07 bits per heavy atom. The number of aliphatic hydroxyl groups is 2. The number of carbonyl (C=O) groups is 2. The van der Waals surface area contributed by atoms with Gasteiger partial charge in [-0.15, -0.1) is 0 Å². The van der Waals surface area contributed by atoms with Crippen molar-refractivity contribution in [2.75, 3.05) is 14.2 Å². The topological polar surface area (TPSA) is 125 Å². The highest BCUT2D eigenvalue weighted by molar-refractivity contribution is 5.94. The zero-order valence-corrected chi connectivity index (χ0v) is 23.0. The van der Waals surface area contributed by atoms with Crippen LogP contribution in [0.15, 0.2) is 42.5 Å². The molecule has 3 N–H and O–H groups in total. The molecule has 3 aromatic rings. The van der Waals surface area contributed by atoms with E-state index in [4.69, 9.17) is 9.84 Å². The van der Waals surface area contributed by atoms with Crippen molar-refractivity contribution in [1.82, 2.24) is 14.7 Å². The zero-order valence-electron chi connectivity index (χ0n) is 23.0. The van der Waals surface area contributed by atoms with Crippen LogP contribution in [0.3, 0.4) is 0 Å². The van der Waals surface area contributed by atoms with E-state index < -0.39 is 42.1 Å². The molecule has 1 amide bonds. The van der Waals surface area contributed by atoms with Crippen LogP contribution < -0.4 is 4.74 Å². The molecule has 0 radical (unpaired) electrons. The summed E-state index contributed by atoms with van der Waals surface area (Å²) in [6, 6.07) is 10.1. The number of aromatic nitrogens is 2. The van der Waals surface area contributed by atoms with Crippen LogP contribution in [0.5, 0.6) is 5.75 Å². The first kappa shape index (κ1) is 30.7. The van der Waals surface area contributed by atoms with Gasteiger partial charge in [0.25, 0.3) is 5.91 Å². The number of amides is 1. The Morgan fingerprint density at radius 2 is 1.75 bits per heavy atom. The number of methoxy groups -OCH3 is 1. The molecule has 9 nitrogen and oxygen atoms in total. The third-order valence-electron chi connectivity index (χ3n) is 6.55. The molecule has 2 aromatic carbocycles. The largest absolute Gasteiger partial charge is 0.493 e. The highest BCUT2D eigenvalue weighted by Gasteiger charge is 2.29. The van der Waals surface area contributed by atoms with Gasteiger partial charge in [0.15, 0.2) is 17.3 Å². The molecule has 2 atom stereocenters. The van der Waals surface area contributed by atoms with E-state index in [0.29, 0.717) is 22.5 Å². The molecule has 3 rings (SSSR count). The molecule has 2 unspecified atom stereocenters. The first-order chi connectivity index (χ1) is 18.9. The molecule has 0 saturated heterocycles. The van der Waals surface area contributed by atoms with Crippen LogP contribution in [0.2, 0.25) is 0 Å². The van der Waals surface area contributed by atoms with Gasteiger partial charge < -0.3 is 25.0 Å². The van der Waals surface area contributed by atoms with Gasteiger partial charge in [0.05, 0.1) is 31.4 Å². The van der Waals surface area contributed by atoms with Gasteiger partial charge in [-0.25, -0.2) is 13.5 Å². The maximum absolute atomic E-state index is 14.2. The lowest BCUT2D eigenvalue weighted by atomic mass is 9.95. The van der Waals surface area contributed by atoms with Crippen molar-refractivity contribution in [2.24, 2.45) is 0 Å². The van der Waals surface area contributed by atoms with Gasteiger partial charge in [0, 0.05) is 30.4 Å². The third kappa shape index (κ3) is 7.42. The van der Waals surface area contributed by atoms with Crippen molar-refractivity contribution in [2.45, 2.75) is 64.2 Å². The molecule has 216 valence electrons. The standard InChI is InChI=1S/C29H35F2N3O6/c1-17(2)26-24(13-12-21(35)14-22(36)15-25(37)38)34(20-10-8-19(30)9-11-20)32-27(26)29(39)33(3)16-18-6-5-7-23(31)28(18)40-4/h5-11,17,21-22,35-36H,12-16H2,1-4H3,(H,37,38). The number of ether oxygens (including phenoxy) is 1. The van der Waals surface area contributed by atoms with Gasteiger partial charge in [0.2, 0.25) is 0 Å². The normalized spacial score (nSPS) is 12.8. The number of halogens is 2. The number of para-hydroxylation sites is 1. The van der Waals surface area contributed by atoms with E-state index in [1.807, 2.05) is 13.8 Å². The van der Waals surface area contributed by atoms with Crippen LogP contribution in [-0.4, -0.2) is 68.2 Å². The Labute approximate surface area is 231 Å². The fraction of sp³-hybridized carbons (Fsp3) is 0.414. The monoisotopic (exact) mass is 559 g/mol. The van der Waals surface area contributed by atoms with E-state index in [9.17, 15) is 28.6 Å². The number of aliphatic carboxylic acids is 1. The quantitative estimate of drug-likeness (QED) is 0.288. The van der Waals surface area contributed by atoms with Crippen LogP contribution in [0.25, 0.3) is 5.69 Å². The van der Waals surface area contributed by atoms with Crippen molar-refractivity contribution < 1.29 is 38.4 Å². The Morgan fingerprint density at radius 3 is 2.35 bits per heavy atom. The predicted octanol–water partition coefficient (Wildman–Crippen LogP) is 4.07. The van der Waals surface area contributed by atoms with Crippen molar-refractivity contribution in [3.05, 3.63) is 76.6 Å². The molecule has 0 spiro atoms. The summed E-state index contributed by atoms with van der Waals surface area (Å²) in [5.74, 6) is -2.70. The number of benzene rings is 2. The van der Waals surface area contributed by atoms with E-state index in [2.05, 4.69) is 5.10 Å². The number of hydrogen-bond acceptors (Lipinski definition) is 6. The molecule has 11 heteroatoms. The molecule has 0 bridgehead atoms. The maximum atomic E-state index is 14.2. The molecule has 0 aliphatic carbocycles. The number of carbonyl (C=O) groups excluding carboxylic acids is 1. The van der Waals surface area contributed by atoms with Crippen molar-refractivity contribution in [3.8, 4) is 11.4 Å². The predicted molar refractivity (Wildman–Crippen MR) is 144 cm³/mol. The summed E-state index contributed by atoms with van der Waals surface area (Å²) >= 11 is 0. The number of carboxylic acid groups (broad SMARTS) is 1. The fourth-order valence-corrected chi connectivity index (χ4v) is 4.70. The minimum atomic E-state index is -1.20. The van der Waals surface area contributed by atoms with Crippen molar-refractivity contribution in [3.63, 3.8) is 0 Å². The molecule has 0 saturated carbocycles. The SMILES string of the molecule is COc1c(F)cccc1CN(C)C(=O)c1nn(-c2ccc(F)cc2)c(CCC(O)CC(O)CC(=O)O)c1C(C)C. The molecule has 1 heterocycles. The van der Waals surface area contributed by atoms with Gasteiger partial charge in [-0.2, -0.15) is 5.10 Å². The number of nitrogens with zero attached hydrogens (tertiary/aromatic N) is 3. The second kappa shape index (κ2) is 13.5. The highest BCUT2D eigenvalue weighted by Crippen LogP contribution is 2.30. The minimum absolute atomic E-state index is 0.0443. The van der Waals surface area contributed by atoms with E-state index in [1.165, 1.54) is 48.4 Å². The Hall–Kier alpha value is -3.83. The lowest BCUT2D eigenvalue weighted by molar-refractivity contribution is -0.139. The Kier molecular flexibility index (Phi) is 10.4. The first-order valence-corrected chi connectivity index (χ1v) is 12.9. The lowest BCUT2D eigenvalue weighted by Crippen LogP contribution is -2.28. The Balaban J connectivity index is 1.98.